The van der Waals surface area contributed by atoms with Gasteiger partial charge in [-0.3, -0.25) is 19.2 Å². The quantitative estimate of drug-likeness (QED) is 0.339. The number of esters is 4. The summed E-state index contributed by atoms with van der Waals surface area (Å²) in [5, 5.41) is 0. The van der Waals surface area contributed by atoms with Crippen molar-refractivity contribution < 1.29 is 38.1 Å². The van der Waals surface area contributed by atoms with Gasteiger partial charge < -0.3 is 18.9 Å². The Kier molecular flexibility index (Phi) is 9.61. The van der Waals surface area contributed by atoms with Gasteiger partial charge in [-0.25, -0.2) is 0 Å². The van der Waals surface area contributed by atoms with Crippen LogP contribution in [0.1, 0.15) is 87.8 Å². The third kappa shape index (κ3) is 8.17. The number of carbonyl (C=O) groups is 4. The van der Waals surface area contributed by atoms with Gasteiger partial charge in [0.05, 0.1) is 0 Å². The summed E-state index contributed by atoms with van der Waals surface area (Å²) in [6, 6.07) is 7.66. The van der Waals surface area contributed by atoms with Crippen LogP contribution >= 0.6 is 0 Å². The SMILES string of the molecule is CC(=O)OCc1cc(C(c2cc(C)c(OC(C)=O)c(COC(C)=O)c2)C(C)(C)C)cc(C)c1OC(C)=O. The van der Waals surface area contributed by atoms with Crippen molar-refractivity contribution in [3.8, 4) is 11.5 Å². The predicted molar refractivity (Wildman–Crippen MR) is 137 cm³/mol. The van der Waals surface area contributed by atoms with Crippen molar-refractivity contribution in [1.82, 2.24) is 0 Å². The van der Waals surface area contributed by atoms with Crippen LogP contribution in [0.4, 0.5) is 0 Å². The lowest BCUT2D eigenvalue weighted by molar-refractivity contribution is -0.143. The van der Waals surface area contributed by atoms with E-state index in [1.807, 2.05) is 38.1 Å². The minimum atomic E-state index is -0.473. The van der Waals surface area contributed by atoms with Gasteiger partial charge in [0.1, 0.15) is 24.7 Å². The van der Waals surface area contributed by atoms with Crippen molar-refractivity contribution in [2.45, 2.75) is 81.4 Å². The second-order valence-corrected chi connectivity index (χ2v) is 10.2. The standard InChI is InChI=1S/C29H36O8/c1-16-10-22(12-24(14-34-18(3)30)27(16)36-20(5)32)26(29(7,8)9)23-11-17(2)28(37-21(6)33)25(13-23)15-35-19(4)31/h10-13,26H,14-15H2,1-9H3. The molecule has 0 fully saturated rings. The molecule has 0 amide bonds. The number of hydrogen-bond acceptors (Lipinski definition) is 8. The van der Waals surface area contributed by atoms with Crippen molar-refractivity contribution in [2.24, 2.45) is 5.41 Å². The van der Waals surface area contributed by atoms with Crippen LogP contribution in [-0.4, -0.2) is 23.9 Å². The maximum absolute atomic E-state index is 11.7. The van der Waals surface area contributed by atoms with Crippen molar-refractivity contribution >= 4 is 23.9 Å². The van der Waals surface area contributed by atoms with Crippen molar-refractivity contribution in [3.63, 3.8) is 0 Å². The van der Waals surface area contributed by atoms with E-state index in [1.54, 1.807) is 0 Å². The monoisotopic (exact) mass is 512 g/mol. The summed E-state index contributed by atoms with van der Waals surface area (Å²) in [4.78, 5) is 46.5. The Morgan fingerprint density at radius 2 is 1.00 bits per heavy atom. The third-order valence-electron chi connectivity index (χ3n) is 5.63. The van der Waals surface area contributed by atoms with E-state index in [9.17, 15) is 19.2 Å². The van der Waals surface area contributed by atoms with Crippen molar-refractivity contribution in [3.05, 3.63) is 57.6 Å². The minimum Gasteiger partial charge on any atom is -0.461 e. The smallest absolute Gasteiger partial charge is 0.308 e. The molecule has 0 saturated carbocycles. The first-order valence-electron chi connectivity index (χ1n) is 12.0. The lowest BCUT2D eigenvalue weighted by atomic mass is 9.71. The first kappa shape index (κ1) is 29.5. The molecule has 8 nitrogen and oxygen atoms in total. The average Bonchev–Trinajstić information content (AvgIpc) is 2.73. The lowest BCUT2D eigenvalue weighted by Crippen LogP contribution is -2.21. The Bertz CT molecular complexity index is 1120. The van der Waals surface area contributed by atoms with E-state index in [0.717, 1.165) is 22.3 Å². The Balaban J connectivity index is 2.75. The molecule has 0 aliphatic carbocycles. The van der Waals surface area contributed by atoms with Crippen LogP contribution in [-0.2, 0) is 41.9 Å². The highest BCUT2D eigenvalue weighted by atomic mass is 16.6. The molecule has 37 heavy (non-hydrogen) atoms. The molecular weight excluding hydrogens is 476 g/mol. The number of hydrogen-bond donors (Lipinski definition) is 0. The molecule has 0 N–H and O–H groups in total. The van der Waals surface area contributed by atoms with Crippen LogP contribution in [0, 0.1) is 19.3 Å². The normalized spacial score (nSPS) is 11.2. The molecule has 0 saturated heterocycles. The second kappa shape index (κ2) is 12.0. The van der Waals surface area contributed by atoms with E-state index in [2.05, 4.69) is 20.8 Å². The van der Waals surface area contributed by atoms with E-state index < -0.39 is 23.9 Å². The van der Waals surface area contributed by atoms with Crippen LogP contribution in [0.3, 0.4) is 0 Å². The fourth-order valence-electron chi connectivity index (χ4n) is 4.43. The molecule has 2 aromatic carbocycles. The number of carbonyl (C=O) groups excluding carboxylic acids is 4. The molecule has 200 valence electrons. The molecule has 8 heteroatoms. The molecule has 0 aliphatic rings. The number of ether oxygens (including phenoxy) is 4. The first-order chi connectivity index (χ1) is 17.1. The Morgan fingerprint density at radius 3 is 1.27 bits per heavy atom. The summed E-state index contributed by atoms with van der Waals surface area (Å²) in [5.41, 5.74) is 4.13. The highest BCUT2D eigenvalue weighted by Gasteiger charge is 2.31. The van der Waals surface area contributed by atoms with Crippen LogP contribution in [0.15, 0.2) is 24.3 Å². The molecule has 0 aromatic heterocycles. The average molecular weight is 513 g/mol. The molecule has 0 radical (unpaired) electrons. The molecule has 2 rings (SSSR count). The summed E-state index contributed by atoms with van der Waals surface area (Å²) in [6.45, 7) is 15.1. The maximum Gasteiger partial charge on any atom is 0.308 e. The van der Waals surface area contributed by atoms with Crippen molar-refractivity contribution in [2.75, 3.05) is 0 Å². The van der Waals surface area contributed by atoms with Gasteiger partial charge in [0, 0.05) is 44.7 Å². The lowest BCUT2D eigenvalue weighted by Gasteiger charge is -2.33. The van der Waals surface area contributed by atoms with E-state index in [4.69, 9.17) is 18.9 Å². The van der Waals surface area contributed by atoms with E-state index in [1.165, 1.54) is 27.7 Å². The highest BCUT2D eigenvalue weighted by molar-refractivity contribution is 5.72. The number of aryl methyl sites for hydroxylation is 2. The zero-order valence-electron chi connectivity index (χ0n) is 23.1. The van der Waals surface area contributed by atoms with Gasteiger partial charge in [-0.05, 0) is 53.6 Å². The first-order valence-corrected chi connectivity index (χ1v) is 12.0. The van der Waals surface area contributed by atoms with Gasteiger partial charge in [-0.2, -0.15) is 0 Å². The van der Waals surface area contributed by atoms with Gasteiger partial charge in [0.15, 0.2) is 0 Å². The Morgan fingerprint density at radius 1 is 0.649 bits per heavy atom. The molecule has 0 bridgehead atoms. The molecule has 0 atom stereocenters. The summed E-state index contributed by atoms with van der Waals surface area (Å²) < 4.78 is 21.4. The topological polar surface area (TPSA) is 105 Å². The molecule has 0 aliphatic heterocycles. The Labute approximate surface area is 218 Å². The molecule has 0 heterocycles. The van der Waals surface area contributed by atoms with Crippen LogP contribution in [0.2, 0.25) is 0 Å². The summed E-state index contributed by atoms with van der Waals surface area (Å²) in [6.07, 6.45) is 0. The van der Waals surface area contributed by atoms with Crippen LogP contribution in [0.25, 0.3) is 0 Å². The Hall–Kier alpha value is -3.68. The van der Waals surface area contributed by atoms with Crippen LogP contribution in [0.5, 0.6) is 11.5 Å². The largest absolute Gasteiger partial charge is 0.461 e. The molecule has 0 spiro atoms. The van der Waals surface area contributed by atoms with Gasteiger partial charge in [-0.15, -0.1) is 0 Å². The molecule has 2 aromatic rings. The molecular formula is C29H36O8. The third-order valence-corrected chi connectivity index (χ3v) is 5.63. The fourth-order valence-corrected chi connectivity index (χ4v) is 4.43. The second-order valence-electron chi connectivity index (χ2n) is 10.2. The zero-order chi connectivity index (χ0) is 28.1. The number of rotatable bonds is 8. The highest BCUT2D eigenvalue weighted by Crippen LogP contribution is 2.44. The van der Waals surface area contributed by atoms with E-state index in [-0.39, 0.29) is 24.5 Å². The summed E-state index contributed by atoms with van der Waals surface area (Å²) >= 11 is 0. The summed E-state index contributed by atoms with van der Waals surface area (Å²) in [7, 11) is 0. The molecule has 0 unspecified atom stereocenters. The van der Waals surface area contributed by atoms with Gasteiger partial charge in [0.2, 0.25) is 0 Å². The minimum absolute atomic E-state index is 0.0500. The summed E-state index contributed by atoms with van der Waals surface area (Å²) in [5.74, 6) is -1.29. The zero-order valence-corrected chi connectivity index (χ0v) is 23.1. The van der Waals surface area contributed by atoms with Gasteiger partial charge in [0.25, 0.3) is 0 Å². The predicted octanol–water partition coefficient (Wildman–Crippen LogP) is 5.46. The van der Waals surface area contributed by atoms with E-state index >= 15 is 0 Å². The number of benzene rings is 2. The van der Waals surface area contributed by atoms with E-state index in [0.29, 0.717) is 22.6 Å². The van der Waals surface area contributed by atoms with Gasteiger partial charge in [-0.1, -0.05) is 32.9 Å². The van der Waals surface area contributed by atoms with Crippen LogP contribution < -0.4 is 9.47 Å². The van der Waals surface area contributed by atoms with Crippen molar-refractivity contribution in [1.29, 1.82) is 0 Å². The maximum atomic E-state index is 11.7. The fraction of sp³-hybridized carbons (Fsp3) is 0.448. The van der Waals surface area contributed by atoms with Gasteiger partial charge >= 0.3 is 23.9 Å².